The molecule has 0 atom stereocenters. The Bertz CT molecular complexity index is 881. The number of rotatable bonds is 12. The summed E-state index contributed by atoms with van der Waals surface area (Å²) >= 11 is 11.7. The summed E-state index contributed by atoms with van der Waals surface area (Å²) in [4.78, 5) is 24.1. The molecule has 0 aliphatic carbocycles. The number of anilines is 2. The van der Waals surface area contributed by atoms with E-state index in [0.717, 1.165) is 24.9 Å². The summed E-state index contributed by atoms with van der Waals surface area (Å²) < 4.78 is 6.65. The minimum atomic E-state index is -1.86. The summed E-state index contributed by atoms with van der Waals surface area (Å²) in [5.41, 5.74) is 1.41. The van der Waals surface area contributed by atoms with Gasteiger partial charge in [-0.1, -0.05) is 23.2 Å². The number of urea groups is 2. The summed E-state index contributed by atoms with van der Waals surface area (Å²) in [6.07, 6.45) is 1.73. The highest BCUT2D eigenvalue weighted by Gasteiger charge is 2.32. The Labute approximate surface area is 220 Å². The number of nitrogens with one attached hydrogen (secondary N) is 4. The maximum Gasteiger partial charge on any atom is 0.319 e. The van der Waals surface area contributed by atoms with E-state index in [9.17, 15) is 9.59 Å². The predicted octanol–water partition coefficient (Wildman–Crippen LogP) is 7.14. The van der Waals surface area contributed by atoms with Crippen LogP contribution in [0, 0.1) is 0 Å². The number of hydrogen-bond donors (Lipinski definition) is 4. The van der Waals surface area contributed by atoms with Crippen LogP contribution < -0.4 is 21.3 Å². The van der Waals surface area contributed by atoms with Gasteiger partial charge in [0.2, 0.25) is 0 Å². The highest BCUT2D eigenvalue weighted by atomic mass is 35.5. The molecule has 0 fully saturated rings. The Morgan fingerprint density at radius 3 is 1.37 bits per heavy atom. The average molecular weight is 556 g/mol. The lowest BCUT2D eigenvalue weighted by atomic mass is 10.3. The van der Waals surface area contributed by atoms with Crippen LogP contribution in [0.4, 0.5) is 21.0 Å². The van der Waals surface area contributed by atoms with Crippen LogP contribution in [0.2, 0.25) is 48.3 Å². The van der Waals surface area contributed by atoms with Gasteiger partial charge in [-0.05, 0) is 99.6 Å². The molecule has 0 bridgehead atoms. The first-order valence-corrected chi connectivity index (χ1v) is 18.7. The highest BCUT2D eigenvalue weighted by Crippen LogP contribution is 2.23. The molecule has 4 N–H and O–H groups in total. The molecule has 35 heavy (non-hydrogen) atoms. The molecule has 0 saturated heterocycles. The quantitative estimate of drug-likeness (QED) is 0.166. The SMILES string of the molecule is C[Si](C)(CCCNC(=O)Nc1ccc(Cl)cc1)O[Si](C)(C)CCCNC(=O)Nc1ccc(Cl)cc1. The normalized spacial score (nSPS) is 11.6. The maximum atomic E-state index is 12.1. The third kappa shape index (κ3) is 12.5. The molecule has 0 spiro atoms. The number of amides is 4. The number of carbonyl (C=O) groups excluding carboxylic acids is 2. The molecular formula is C24H36Cl2N4O3Si2. The van der Waals surface area contributed by atoms with Gasteiger partial charge in [-0.15, -0.1) is 0 Å². The van der Waals surface area contributed by atoms with E-state index in [0.29, 0.717) is 34.5 Å². The van der Waals surface area contributed by atoms with Crippen molar-refractivity contribution in [3.05, 3.63) is 58.6 Å². The fourth-order valence-corrected chi connectivity index (χ4v) is 12.8. The summed E-state index contributed by atoms with van der Waals surface area (Å²) in [7, 11) is -3.73. The first-order valence-electron chi connectivity index (χ1n) is 11.8. The molecule has 0 radical (unpaired) electrons. The van der Waals surface area contributed by atoms with Crippen molar-refractivity contribution in [3.63, 3.8) is 0 Å². The van der Waals surface area contributed by atoms with Crippen molar-refractivity contribution in [2.24, 2.45) is 0 Å². The molecule has 0 unspecified atom stereocenters. The van der Waals surface area contributed by atoms with Gasteiger partial charge in [0.05, 0.1) is 0 Å². The third-order valence-electron chi connectivity index (χ3n) is 5.24. The Hall–Kier alpha value is -2.05. The van der Waals surface area contributed by atoms with Crippen molar-refractivity contribution in [2.75, 3.05) is 23.7 Å². The van der Waals surface area contributed by atoms with Gasteiger partial charge in [0.15, 0.2) is 16.6 Å². The lowest BCUT2D eigenvalue weighted by Crippen LogP contribution is -2.45. The number of hydrogen-bond acceptors (Lipinski definition) is 3. The Morgan fingerprint density at radius 1 is 0.686 bits per heavy atom. The van der Waals surface area contributed by atoms with Crippen LogP contribution in [0.25, 0.3) is 0 Å². The van der Waals surface area contributed by atoms with E-state index >= 15 is 0 Å². The minimum Gasteiger partial charge on any atom is -0.455 e. The predicted molar refractivity (Wildman–Crippen MR) is 152 cm³/mol. The Kier molecular flexibility index (Phi) is 11.6. The zero-order chi connectivity index (χ0) is 25.9. The molecule has 2 aromatic carbocycles. The van der Waals surface area contributed by atoms with Crippen molar-refractivity contribution in [1.29, 1.82) is 0 Å². The molecule has 0 aromatic heterocycles. The standard InChI is InChI=1S/C24H36Cl2N4O3Si2/c1-34(2,17-5-15-27-23(31)29-21-11-7-19(25)8-12-21)33-35(3,4)18-6-16-28-24(32)30-22-13-9-20(26)10-14-22/h7-14H,5-6,15-18H2,1-4H3,(H2,27,29,31)(H2,28,30,32). The lowest BCUT2D eigenvalue weighted by Gasteiger charge is -2.34. The second-order valence-electron chi connectivity index (χ2n) is 9.60. The fraction of sp³-hybridized carbons (Fsp3) is 0.417. The third-order valence-corrected chi connectivity index (χ3v) is 13.3. The summed E-state index contributed by atoms with van der Waals surface area (Å²) in [5.74, 6) is 0. The molecule has 0 aliphatic heterocycles. The second-order valence-corrected chi connectivity index (χ2v) is 19.3. The average Bonchev–Trinajstić information content (AvgIpc) is 2.77. The fourth-order valence-electron chi connectivity index (χ4n) is 3.70. The lowest BCUT2D eigenvalue weighted by molar-refractivity contribution is 0.251. The van der Waals surface area contributed by atoms with Crippen molar-refractivity contribution in [1.82, 2.24) is 10.6 Å². The van der Waals surface area contributed by atoms with E-state index in [2.05, 4.69) is 47.5 Å². The topological polar surface area (TPSA) is 91.5 Å². The van der Waals surface area contributed by atoms with Crippen LogP contribution in [0.1, 0.15) is 12.8 Å². The van der Waals surface area contributed by atoms with E-state index in [1.807, 2.05) is 0 Å². The second kappa shape index (κ2) is 13.9. The molecule has 2 rings (SSSR count). The smallest absolute Gasteiger partial charge is 0.319 e. The van der Waals surface area contributed by atoms with E-state index in [4.69, 9.17) is 27.3 Å². The highest BCUT2D eigenvalue weighted by molar-refractivity contribution is 6.84. The Morgan fingerprint density at radius 2 is 1.03 bits per heavy atom. The van der Waals surface area contributed by atoms with Gasteiger partial charge in [-0.3, -0.25) is 0 Å². The van der Waals surface area contributed by atoms with Gasteiger partial charge in [-0.25, -0.2) is 9.59 Å². The van der Waals surface area contributed by atoms with Crippen LogP contribution in [0.5, 0.6) is 0 Å². The summed E-state index contributed by atoms with van der Waals surface area (Å²) in [6.45, 7) is 10.1. The summed E-state index contributed by atoms with van der Waals surface area (Å²) in [6, 6.07) is 15.5. The summed E-state index contributed by atoms with van der Waals surface area (Å²) in [5, 5.41) is 12.6. The van der Waals surface area contributed by atoms with Crippen molar-refractivity contribution >= 4 is 63.3 Å². The minimum absolute atomic E-state index is 0.227. The van der Waals surface area contributed by atoms with Crippen LogP contribution in [-0.4, -0.2) is 41.8 Å². The zero-order valence-electron chi connectivity index (χ0n) is 20.8. The van der Waals surface area contributed by atoms with Gasteiger partial charge >= 0.3 is 12.1 Å². The molecule has 0 aliphatic rings. The van der Waals surface area contributed by atoms with Crippen molar-refractivity contribution in [3.8, 4) is 0 Å². The molecule has 192 valence electrons. The monoisotopic (exact) mass is 554 g/mol. The van der Waals surface area contributed by atoms with Gasteiger partial charge in [-0.2, -0.15) is 0 Å². The van der Waals surface area contributed by atoms with Crippen molar-refractivity contribution in [2.45, 2.75) is 51.1 Å². The molecule has 0 saturated carbocycles. The first-order chi connectivity index (χ1) is 16.4. The molecule has 2 aromatic rings. The van der Waals surface area contributed by atoms with E-state index in [1.54, 1.807) is 48.5 Å². The molecule has 4 amide bonds. The van der Waals surface area contributed by atoms with Crippen LogP contribution in [-0.2, 0) is 4.12 Å². The van der Waals surface area contributed by atoms with Gasteiger partial charge in [0, 0.05) is 34.5 Å². The number of halogens is 2. The van der Waals surface area contributed by atoms with E-state index in [1.165, 1.54) is 0 Å². The number of carbonyl (C=O) groups is 2. The van der Waals surface area contributed by atoms with Crippen LogP contribution in [0.15, 0.2) is 48.5 Å². The van der Waals surface area contributed by atoms with Gasteiger partial charge in [0.1, 0.15) is 0 Å². The van der Waals surface area contributed by atoms with Crippen LogP contribution >= 0.6 is 23.2 Å². The molecule has 0 heterocycles. The molecule has 7 nitrogen and oxygen atoms in total. The van der Waals surface area contributed by atoms with Crippen molar-refractivity contribution < 1.29 is 13.7 Å². The Balaban J connectivity index is 1.61. The molecule has 11 heteroatoms. The maximum absolute atomic E-state index is 12.1. The van der Waals surface area contributed by atoms with Gasteiger partial charge in [0.25, 0.3) is 0 Å². The van der Waals surface area contributed by atoms with Crippen LogP contribution in [0.3, 0.4) is 0 Å². The van der Waals surface area contributed by atoms with Gasteiger partial charge < -0.3 is 25.4 Å². The van der Waals surface area contributed by atoms with E-state index in [-0.39, 0.29) is 12.1 Å². The largest absolute Gasteiger partial charge is 0.455 e. The first kappa shape index (κ1) is 29.2. The zero-order valence-corrected chi connectivity index (χ0v) is 24.4. The van der Waals surface area contributed by atoms with E-state index < -0.39 is 16.6 Å². The molecular weight excluding hydrogens is 519 g/mol. The number of benzene rings is 2.